The Morgan fingerprint density at radius 2 is 2.16 bits per heavy atom. The number of nitrogens with one attached hydrogen (secondary N) is 3. The lowest BCUT2D eigenvalue weighted by Gasteiger charge is -2.24. The molecule has 6 N–H and O–H groups in total. The Morgan fingerprint density at radius 1 is 1.41 bits per heavy atom. The third-order valence-electron chi connectivity index (χ3n) is 5.50. The molecule has 1 aliphatic rings. The summed E-state index contributed by atoms with van der Waals surface area (Å²) in [5.41, 5.74) is 6.92. The van der Waals surface area contributed by atoms with Crippen LogP contribution in [0.2, 0.25) is 0 Å². The molecule has 0 radical (unpaired) electrons. The van der Waals surface area contributed by atoms with Gasteiger partial charge in [-0.1, -0.05) is 0 Å². The summed E-state index contributed by atoms with van der Waals surface area (Å²) in [4.78, 5) is 55.4. The minimum Gasteiger partial charge on any atom is -0.480 e. The van der Waals surface area contributed by atoms with Crippen LogP contribution in [0.3, 0.4) is 0 Å². The van der Waals surface area contributed by atoms with Crippen LogP contribution in [-0.4, -0.2) is 45.3 Å². The maximum absolute atomic E-state index is 12.6. The lowest BCUT2D eigenvalue weighted by Crippen LogP contribution is -2.40. The van der Waals surface area contributed by atoms with E-state index in [0.717, 1.165) is 23.3 Å². The molecule has 3 heterocycles. The van der Waals surface area contributed by atoms with Gasteiger partial charge in [0.1, 0.15) is 17.6 Å². The number of thiophene rings is 1. The number of amides is 1. The summed E-state index contributed by atoms with van der Waals surface area (Å²) >= 11 is 1.34. The zero-order chi connectivity index (χ0) is 23.4. The van der Waals surface area contributed by atoms with Gasteiger partial charge in [0.05, 0.1) is 10.4 Å². The average Bonchev–Trinajstić information content (AvgIpc) is 3.10. The molecule has 0 saturated heterocycles. The lowest BCUT2D eigenvalue weighted by molar-refractivity contribution is -0.139. The Labute approximate surface area is 188 Å². The zero-order valence-corrected chi connectivity index (χ0v) is 18.8. The number of nitrogen functional groups attached to an aromatic ring is 1. The molecule has 0 saturated carbocycles. The summed E-state index contributed by atoms with van der Waals surface area (Å²) in [5.74, 6) is -0.887. The highest BCUT2D eigenvalue weighted by Crippen LogP contribution is 2.28. The Bertz CT molecular complexity index is 1090. The molecule has 2 aromatic heterocycles. The molecule has 32 heavy (non-hydrogen) atoms. The summed E-state index contributed by atoms with van der Waals surface area (Å²) in [7, 11) is 0. The molecule has 0 aliphatic carbocycles. The van der Waals surface area contributed by atoms with Gasteiger partial charge in [-0.2, -0.15) is 4.98 Å². The van der Waals surface area contributed by atoms with Crippen LogP contribution in [0.15, 0.2) is 10.9 Å². The number of carbonyl (C=O) groups excluding carboxylic acids is 2. The first-order chi connectivity index (χ1) is 15.1. The highest BCUT2D eigenvalue weighted by atomic mass is 32.1. The number of nitrogens with two attached hydrogens (primary N) is 1. The number of ketones is 1. The standard InChI is InChI=1S/C21H27N5O5S/c1-10-7-16(19(29)24-14(20(30)31)5-3-11(2)27)32-15(10)6-4-12-8-13-17(23-9-12)25-21(22)26-18(13)28/h7,12,14H,3-6,8-9H2,1-2H3,(H,24,29)(H,30,31)(H4,22,23,25,26,28)/t12-,14-/m0/s1. The fourth-order valence-corrected chi connectivity index (χ4v) is 4.80. The van der Waals surface area contributed by atoms with Crippen molar-refractivity contribution in [2.75, 3.05) is 17.6 Å². The molecular weight excluding hydrogens is 434 g/mol. The molecule has 0 bridgehead atoms. The van der Waals surface area contributed by atoms with Gasteiger partial charge in [-0.3, -0.25) is 14.6 Å². The zero-order valence-electron chi connectivity index (χ0n) is 18.0. The van der Waals surface area contributed by atoms with Crippen molar-refractivity contribution >= 4 is 40.8 Å². The summed E-state index contributed by atoms with van der Waals surface area (Å²) in [6.07, 6.45) is 2.30. The molecule has 10 nitrogen and oxygen atoms in total. The molecule has 0 aromatic carbocycles. The van der Waals surface area contributed by atoms with Crippen LogP contribution in [0.1, 0.15) is 51.9 Å². The number of carbonyl (C=O) groups is 3. The number of nitrogens with zero attached hydrogens (tertiary/aromatic N) is 1. The molecule has 2 aromatic rings. The molecule has 172 valence electrons. The lowest BCUT2D eigenvalue weighted by atomic mass is 9.92. The van der Waals surface area contributed by atoms with Crippen LogP contribution in [-0.2, 0) is 22.4 Å². The number of aromatic amines is 1. The van der Waals surface area contributed by atoms with Crippen molar-refractivity contribution in [1.29, 1.82) is 0 Å². The van der Waals surface area contributed by atoms with E-state index >= 15 is 0 Å². The predicted octanol–water partition coefficient (Wildman–Crippen LogP) is 1.49. The molecule has 1 aliphatic heterocycles. The van der Waals surface area contributed by atoms with Crippen molar-refractivity contribution < 1.29 is 19.5 Å². The van der Waals surface area contributed by atoms with Gasteiger partial charge in [-0.05, 0) is 57.1 Å². The Hall–Kier alpha value is -3.21. The molecule has 2 atom stereocenters. The van der Waals surface area contributed by atoms with Crippen molar-refractivity contribution in [3.05, 3.63) is 37.3 Å². The number of anilines is 2. The number of H-pyrrole nitrogens is 1. The highest BCUT2D eigenvalue weighted by Gasteiger charge is 2.24. The average molecular weight is 462 g/mol. The van der Waals surface area contributed by atoms with Gasteiger partial charge in [0.15, 0.2) is 0 Å². The van der Waals surface area contributed by atoms with Crippen LogP contribution in [0.4, 0.5) is 11.8 Å². The van der Waals surface area contributed by atoms with Gasteiger partial charge in [-0.25, -0.2) is 4.79 Å². The van der Waals surface area contributed by atoms with E-state index < -0.39 is 17.9 Å². The molecule has 0 spiro atoms. The Balaban J connectivity index is 1.60. The molecule has 0 unspecified atom stereocenters. The number of hydrogen-bond acceptors (Lipinski definition) is 8. The maximum atomic E-state index is 12.6. The van der Waals surface area contributed by atoms with Gasteiger partial charge >= 0.3 is 5.97 Å². The van der Waals surface area contributed by atoms with E-state index in [4.69, 9.17) is 5.73 Å². The van der Waals surface area contributed by atoms with Gasteiger partial charge in [0.25, 0.3) is 11.5 Å². The fourth-order valence-electron chi connectivity index (χ4n) is 3.71. The van der Waals surface area contributed by atoms with Crippen LogP contribution >= 0.6 is 11.3 Å². The SMILES string of the molecule is CC(=O)CC[C@H](NC(=O)c1cc(C)c(CC[C@@H]2CNc3nc(N)[nH]c(=O)c3C2)s1)C(=O)O. The number of carboxylic acids is 1. The first-order valence-electron chi connectivity index (χ1n) is 10.4. The summed E-state index contributed by atoms with van der Waals surface area (Å²) in [5, 5.41) is 15.0. The number of aliphatic carboxylic acids is 1. The second-order valence-corrected chi connectivity index (χ2v) is 9.23. The third kappa shape index (κ3) is 5.72. The van der Waals surface area contributed by atoms with E-state index in [1.807, 2.05) is 6.92 Å². The van der Waals surface area contributed by atoms with Crippen LogP contribution in [0.25, 0.3) is 0 Å². The van der Waals surface area contributed by atoms with Gasteiger partial charge < -0.3 is 26.3 Å². The molecular formula is C21H27N5O5S. The maximum Gasteiger partial charge on any atom is 0.326 e. The number of hydrogen-bond donors (Lipinski definition) is 5. The first kappa shape index (κ1) is 23.5. The summed E-state index contributed by atoms with van der Waals surface area (Å²) < 4.78 is 0. The number of aryl methyl sites for hydroxylation is 2. The normalized spacial score (nSPS) is 16.0. The minimum atomic E-state index is -1.16. The van der Waals surface area contributed by atoms with E-state index in [1.165, 1.54) is 18.3 Å². The molecule has 0 fully saturated rings. The van der Waals surface area contributed by atoms with Crippen LogP contribution in [0, 0.1) is 12.8 Å². The third-order valence-corrected chi connectivity index (χ3v) is 6.79. The van der Waals surface area contributed by atoms with Crippen molar-refractivity contribution in [2.45, 2.75) is 52.0 Å². The largest absolute Gasteiger partial charge is 0.480 e. The van der Waals surface area contributed by atoms with Gasteiger partial charge in [0, 0.05) is 17.8 Å². The van der Waals surface area contributed by atoms with E-state index in [0.29, 0.717) is 29.2 Å². The predicted molar refractivity (Wildman–Crippen MR) is 121 cm³/mol. The van der Waals surface area contributed by atoms with Gasteiger partial charge in [-0.15, -0.1) is 11.3 Å². The molecule has 1 amide bonds. The first-order valence-corrected chi connectivity index (χ1v) is 11.2. The van der Waals surface area contributed by atoms with E-state index in [1.54, 1.807) is 6.07 Å². The number of aromatic nitrogens is 2. The number of Topliss-reactive ketones (excluding diaryl/α,β-unsaturated/α-hetero) is 1. The topological polar surface area (TPSA) is 167 Å². The van der Waals surface area contributed by atoms with Gasteiger partial charge in [0.2, 0.25) is 5.95 Å². The Kier molecular flexibility index (Phi) is 7.29. The second kappa shape index (κ2) is 9.94. The van der Waals surface area contributed by atoms with E-state index in [-0.39, 0.29) is 36.1 Å². The summed E-state index contributed by atoms with van der Waals surface area (Å²) in [6, 6.07) is 0.650. The molecule has 3 rings (SSSR count). The van der Waals surface area contributed by atoms with Crippen LogP contribution < -0.4 is 21.9 Å². The fraction of sp³-hybridized carbons (Fsp3) is 0.476. The van der Waals surface area contributed by atoms with Crippen molar-refractivity contribution in [3.63, 3.8) is 0 Å². The summed E-state index contributed by atoms with van der Waals surface area (Å²) in [6.45, 7) is 3.98. The van der Waals surface area contributed by atoms with E-state index in [9.17, 15) is 24.3 Å². The number of carboxylic acid groups (broad SMARTS) is 1. The highest BCUT2D eigenvalue weighted by molar-refractivity contribution is 7.14. The van der Waals surface area contributed by atoms with Crippen molar-refractivity contribution in [2.24, 2.45) is 5.92 Å². The minimum absolute atomic E-state index is 0.0589. The number of rotatable bonds is 9. The quantitative estimate of drug-likeness (QED) is 0.374. The van der Waals surface area contributed by atoms with Crippen molar-refractivity contribution in [3.8, 4) is 0 Å². The Morgan fingerprint density at radius 3 is 2.84 bits per heavy atom. The van der Waals surface area contributed by atoms with Crippen LogP contribution in [0.5, 0.6) is 0 Å². The molecule has 11 heteroatoms. The van der Waals surface area contributed by atoms with Crippen molar-refractivity contribution in [1.82, 2.24) is 15.3 Å². The van der Waals surface area contributed by atoms with E-state index in [2.05, 4.69) is 20.6 Å². The second-order valence-electron chi connectivity index (χ2n) is 8.09. The smallest absolute Gasteiger partial charge is 0.326 e. The monoisotopic (exact) mass is 461 g/mol. The number of fused-ring (bicyclic) bond motifs is 1.